The van der Waals surface area contributed by atoms with Crippen molar-refractivity contribution in [1.29, 1.82) is 0 Å². The number of aliphatic hydroxyl groups excluding tert-OH is 1. The summed E-state index contributed by atoms with van der Waals surface area (Å²) >= 11 is 0. The van der Waals surface area contributed by atoms with Gasteiger partial charge in [0.25, 0.3) is 0 Å². The normalized spacial score (nSPS) is 55.1. The fourth-order valence-corrected chi connectivity index (χ4v) is 6.46. The van der Waals surface area contributed by atoms with E-state index in [9.17, 15) is 9.90 Å². The Morgan fingerprint density at radius 3 is 2.36 bits per heavy atom. The van der Waals surface area contributed by atoms with Gasteiger partial charge >= 0.3 is 0 Å². The summed E-state index contributed by atoms with van der Waals surface area (Å²) < 4.78 is 6.40. The molecule has 2 saturated carbocycles. The van der Waals surface area contributed by atoms with Gasteiger partial charge in [-0.2, -0.15) is 0 Å². The average molecular weight is 308 g/mol. The number of ether oxygens (including phenoxy) is 1. The third kappa shape index (κ3) is 2.19. The van der Waals surface area contributed by atoms with E-state index >= 15 is 0 Å². The maximum atomic E-state index is 11.5. The van der Waals surface area contributed by atoms with Crippen molar-refractivity contribution in [2.24, 2.45) is 22.7 Å². The number of carbonyl (C=O) groups is 1. The monoisotopic (exact) mass is 308 g/mol. The van der Waals surface area contributed by atoms with Crippen LogP contribution in [0.25, 0.3) is 0 Å². The standard InChI is InChI=1S/C19H32O3/c1-16(12-20)8-5-9-18(3)14(16)7-11-19(4)15(18)6-10-17(2,13-21)22-19/h13-15,20H,5-12H2,1-4H3/t14-,15-,16+,17+,18+,19+/m1/s1. The lowest BCUT2D eigenvalue weighted by atomic mass is 9.44. The quantitative estimate of drug-likeness (QED) is 0.791. The molecule has 0 aromatic heterocycles. The summed E-state index contributed by atoms with van der Waals surface area (Å²) in [4.78, 5) is 11.5. The van der Waals surface area contributed by atoms with Gasteiger partial charge in [-0.15, -0.1) is 0 Å². The minimum absolute atomic E-state index is 0.0553. The number of hydrogen-bond donors (Lipinski definition) is 1. The first-order chi connectivity index (χ1) is 10.2. The highest BCUT2D eigenvalue weighted by Gasteiger charge is 2.62. The molecular weight excluding hydrogens is 276 g/mol. The fraction of sp³-hybridized carbons (Fsp3) is 0.947. The van der Waals surface area contributed by atoms with Gasteiger partial charge < -0.3 is 14.6 Å². The Kier molecular flexibility index (Phi) is 3.77. The van der Waals surface area contributed by atoms with E-state index in [1.807, 2.05) is 6.92 Å². The summed E-state index contributed by atoms with van der Waals surface area (Å²) in [5, 5.41) is 10.0. The van der Waals surface area contributed by atoms with E-state index in [0.29, 0.717) is 18.4 Å². The van der Waals surface area contributed by atoms with Crippen LogP contribution >= 0.6 is 0 Å². The molecule has 6 atom stereocenters. The lowest BCUT2D eigenvalue weighted by molar-refractivity contribution is -0.258. The molecule has 0 unspecified atom stereocenters. The van der Waals surface area contributed by atoms with Crippen molar-refractivity contribution in [3.63, 3.8) is 0 Å². The number of hydrogen-bond acceptors (Lipinski definition) is 3. The van der Waals surface area contributed by atoms with E-state index < -0.39 is 5.60 Å². The van der Waals surface area contributed by atoms with E-state index in [0.717, 1.165) is 38.4 Å². The second-order valence-corrected chi connectivity index (χ2v) is 9.20. The molecule has 3 aliphatic rings. The van der Waals surface area contributed by atoms with Gasteiger partial charge in [0.1, 0.15) is 5.60 Å². The Bertz CT molecular complexity index is 464. The van der Waals surface area contributed by atoms with E-state index in [1.54, 1.807) is 0 Å². The van der Waals surface area contributed by atoms with Crippen LogP contribution in [0.3, 0.4) is 0 Å². The molecule has 0 bridgehead atoms. The number of aliphatic hydroxyl groups is 1. The lowest BCUT2D eigenvalue weighted by Gasteiger charge is -2.65. The van der Waals surface area contributed by atoms with E-state index in [2.05, 4.69) is 20.8 Å². The Morgan fingerprint density at radius 2 is 1.73 bits per heavy atom. The van der Waals surface area contributed by atoms with Gasteiger partial charge in [0, 0.05) is 6.61 Å². The smallest absolute Gasteiger partial charge is 0.151 e. The van der Waals surface area contributed by atoms with Crippen molar-refractivity contribution in [3.8, 4) is 0 Å². The van der Waals surface area contributed by atoms with Gasteiger partial charge in [0.15, 0.2) is 6.29 Å². The van der Waals surface area contributed by atoms with Crippen LogP contribution in [-0.2, 0) is 9.53 Å². The van der Waals surface area contributed by atoms with Crippen LogP contribution in [0.2, 0.25) is 0 Å². The molecule has 1 saturated heterocycles. The number of aldehydes is 1. The molecular formula is C19H32O3. The second-order valence-electron chi connectivity index (χ2n) is 9.20. The van der Waals surface area contributed by atoms with Crippen LogP contribution in [0.4, 0.5) is 0 Å². The summed E-state index contributed by atoms with van der Waals surface area (Å²) in [6.07, 6.45) is 8.58. The molecule has 0 radical (unpaired) electrons. The third-order valence-electron chi connectivity index (χ3n) is 7.57. The zero-order valence-electron chi connectivity index (χ0n) is 14.7. The molecule has 126 valence electrons. The highest BCUT2D eigenvalue weighted by Crippen LogP contribution is 2.65. The van der Waals surface area contributed by atoms with Crippen molar-refractivity contribution >= 4 is 6.29 Å². The van der Waals surface area contributed by atoms with E-state index in [1.165, 1.54) is 12.8 Å². The summed E-state index contributed by atoms with van der Waals surface area (Å²) in [5.74, 6) is 1.07. The summed E-state index contributed by atoms with van der Waals surface area (Å²) in [7, 11) is 0. The zero-order valence-corrected chi connectivity index (χ0v) is 14.7. The van der Waals surface area contributed by atoms with Crippen LogP contribution < -0.4 is 0 Å². The molecule has 2 aliphatic carbocycles. The first-order valence-electron chi connectivity index (χ1n) is 8.99. The van der Waals surface area contributed by atoms with Gasteiger partial charge in [0.05, 0.1) is 5.60 Å². The first kappa shape index (κ1) is 16.4. The predicted molar refractivity (Wildman–Crippen MR) is 86.6 cm³/mol. The largest absolute Gasteiger partial charge is 0.396 e. The number of rotatable bonds is 2. The topological polar surface area (TPSA) is 46.5 Å². The van der Waals surface area contributed by atoms with Crippen LogP contribution in [0.5, 0.6) is 0 Å². The molecule has 3 rings (SSSR count). The molecule has 0 aromatic rings. The van der Waals surface area contributed by atoms with Crippen molar-refractivity contribution in [1.82, 2.24) is 0 Å². The second kappa shape index (κ2) is 5.04. The lowest BCUT2D eigenvalue weighted by Crippen LogP contribution is -2.63. The Labute approximate surface area is 134 Å². The average Bonchev–Trinajstić information content (AvgIpc) is 2.46. The van der Waals surface area contributed by atoms with Crippen LogP contribution in [-0.4, -0.2) is 29.2 Å². The number of fused-ring (bicyclic) bond motifs is 3. The van der Waals surface area contributed by atoms with E-state index in [4.69, 9.17) is 4.74 Å². The van der Waals surface area contributed by atoms with Crippen molar-refractivity contribution < 1.29 is 14.6 Å². The Morgan fingerprint density at radius 1 is 1.05 bits per heavy atom. The Balaban J connectivity index is 1.94. The van der Waals surface area contributed by atoms with Gasteiger partial charge in [-0.3, -0.25) is 0 Å². The molecule has 3 nitrogen and oxygen atoms in total. The highest BCUT2D eigenvalue weighted by atomic mass is 16.5. The molecule has 3 fully saturated rings. The molecule has 0 amide bonds. The molecule has 3 heteroatoms. The summed E-state index contributed by atoms with van der Waals surface area (Å²) in [5.41, 5.74) is -0.511. The molecule has 22 heavy (non-hydrogen) atoms. The van der Waals surface area contributed by atoms with Gasteiger partial charge in [-0.05, 0) is 75.0 Å². The first-order valence-corrected chi connectivity index (χ1v) is 8.99. The zero-order chi connectivity index (χ0) is 16.2. The minimum Gasteiger partial charge on any atom is -0.396 e. The van der Waals surface area contributed by atoms with Crippen LogP contribution in [0, 0.1) is 22.7 Å². The minimum atomic E-state index is -0.608. The molecule has 0 aromatic carbocycles. The molecule has 0 spiro atoms. The highest BCUT2D eigenvalue weighted by molar-refractivity contribution is 5.62. The molecule has 1 aliphatic heterocycles. The van der Waals surface area contributed by atoms with Crippen LogP contribution in [0.15, 0.2) is 0 Å². The Hall–Kier alpha value is -0.410. The molecule has 1 heterocycles. The fourth-order valence-electron chi connectivity index (χ4n) is 6.46. The van der Waals surface area contributed by atoms with Gasteiger partial charge in [-0.1, -0.05) is 20.3 Å². The van der Waals surface area contributed by atoms with Gasteiger partial charge in [-0.25, -0.2) is 0 Å². The van der Waals surface area contributed by atoms with E-state index in [-0.39, 0.29) is 16.4 Å². The van der Waals surface area contributed by atoms with Crippen molar-refractivity contribution in [2.75, 3.05) is 6.61 Å². The maximum Gasteiger partial charge on any atom is 0.151 e. The van der Waals surface area contributed by atoms with Crippen molar-refractivity contribution in [3.05, 3.63) is 0 Å². The SMILES string of the molecule is C[C@@]1(CO)CCC[C@@]2(C)[C@@H]1CC[C@]1(C)O[C@](C)(C=O)CC[C@H]21. The summed E-state index contributed by atoms with van der Waals surface area (Å²) in [6.45, 7) is 9.17. The summed E-state index contributed by atoms with van der Waals surface area (Å²) in [6, 6.07) is 0. The predicted octanol–water partition coefficient (Wildman–Crippen LogP) is 3.73. The van der Waals surface area contributed by atoms with Crippen molar-refractivity contribution in [2.45, 2.75) is 83.8 Å². The van der Waals surface area contributed by atoms with Gasteiger partial charge in [0.2, 0.25) is 0 Å². The van der Waals surface area contributed by atoms with Crippen LogP contribution in [0.1, 0.15) is 72.6 Å². The molecule has 1 N–H and O–H groups in total. The maximum absolute atomic E-state index is 11.5. The number of carbonyl (C=O) groups excluding carboxylic acids is 1. The third-order valence-corrected chi connectivity index (χ3v) is 7.57.